The fraction of sp³-hybridized carbons (Fsp3) is 0.261. The van der Waals surface area contributed by atoms with Crippen LogP contribution in [0.4, 0.5) is 0 Å². The molecule has 0 spiro atoms. The Morgan fingerprint density at radius 1 is 0.893 bits per heavy atom. The first-order valence-electron chi connectivity index (χ1n) is 9.69. The van der Waals surface area contributed by atoms with Crippen LogP contribution in [-0.4, -0.2) is 48.6 Å². The molecule has 1 aliphatic carbocycles. The summed E-state index contributed by atoms with van der Waals surface area (Å²) in [4.78, 5) is 6.65. The predicted octanol–water partition coefficient (Wildman–Crippen LogP) is 3.95. The lowest BCUT2D eigenvalue weighted by Crippen LogP contribution is -2.36. The second kappa shape index (κ2) is 9.24. The first-order chi connectivity index (χ1) is 13.9. The Hall–Kier alpha value is -3.05. The van der Waals surface area contributed by atoms with Crippen molar-refractivity contribution in [3.05, 3.63) is 82.8 Å². The Kier molecular flexibility index (Phi) is 6.05. The lowest BCUT2D eigenvalue weighted by Gasteiger charge is -2.31. The molecule has 1 aromatic carbocycles. The molecule has 28 heavy (non-hydrogen) atoms. The van der Waals surface area contributed by atoms with Crippen molar-refractivity contribution >= 4 is 18.5 Å². The number of pyridine rings is 1. The summed E-state index contributed by atoms with van der Waals surface area (Å²) >= 11 is 0. The highest BCUT2D eigenvalue weighted by Gasteiger charge is 2.25. The number of ether oxygens (including phenoxy) is 1. The van der Waals surface area contributed by atoms with Gasteiger partial charge in [-0.1, -0.05) is 36.4 Å². The monoisotopic (exact) mass is 372 g/mol. The Labute approximate surface area is 165 Å². The Morgan fingerprint density at radius 2 is 1.68 bits per heavy atom. The molecule has 142 valence electrons. The topological polar surface area (TPSA) is 50.1 Å². The standard InChI is InChI=1S/C23H24N4O/c1-2-6-19(7-3-1)16-20-9-10-21(23(20)27-12-14-28-15-13-27)17-25-26-18-22-8-4-5-11-24-22/h1-8,11,16-18H,9-10,12-15H2/b20-16+,25-17+,26-18-. The van der Waals surface area contributed by atoms with Crippen LogP contribution in [0.3, 0.4) is 0 Å². The summed E-state index contributed by atoms with van der Waals surface area (Å²) in [7, 11) is 0. The molecule has 4 rings (SSSR count). The fourth-order valence-corrected chi connectivity index (χ4v) is 3.57. The second-order valence-corrected chi connectivity index (χ2v) is 6.80. The van der Waals surface area contributed by atoms with Gasteiger partial charge in [0.1, 0.15) is 0 Å². The highest BCUT2D eigenvalue weighted by Crippen LogP contribution is 2.35. The SMILES string of the molecule is C(=N/N=C/C1=C(N2CCOCC2)C(=C/c2ccccc2)/CC1)/c1ccccn1. The summed E-state index contributed by atoms with van der Waals surface area (Å²) in [5.41, 5.74) is 5.93. The van der Waals surface area contributed by atoms with E-state index >= 15 is 0 Å². The van der Waals surface area contributed by atoms with E-state index in [1.807, 2.05) is 30.5 Å². The lowest BCUT2D eigenvalue weighted by atomic mass is 10.1. The van der Waals surface area contributed by atoms with E-state index in [-0.39, 0.29) is 0 Å². The van der Waals surface area contributed by atoms with Crippen molar-refractivity contribution in [1.29, 1.82) is 0 Å². The number of hydrogen-bond acceptors (Lipinski definition) is 5. The highest BCUT2D eigenvalue weighted by molar-refractivity contribution is 5.84. The minimum atomic E-state index is 0.768. The normalized spacial score (nSPS) is 19.4. The van der Waals surface area contributed by atoms with Crippen molar-refractivity contribution in [3.8, 4) is 0 Å². The molecule has 0 saturated carbocycles. The Balaban J connectivity index is 1.59. The van der Waals surface area contributed by atoms with Crippen LogP contribution >= 0.6 is 0 Å². The maximum atomic E-state index is 5.55. The molecular formula is C23H24N4O. The molecule has 0 N–H and O–H groups in total. The van der Waals surface area contributed by atoms with E-state index in [1.165, 1.54) is 22.4 Å². The summed E-state index contributed by atoms with van der Waals surface area (Å²) in [6.45, 7) is 3.36. The van der Waals surface area contributed by atoms with Gasteiger partial charge in [0.25, 0.3) is 0 Å². The van der Waals surface area contributed by atoms with Gasteiger partial charge in [-0.15, -0.1) is 0 Å². The summed E-state index contributed by atoms with van der Waals surface area (Å²) in [5, 5.41) is 8.48. The molecule has 0 bridgehead atoms. The fourth-order valence-electron chi connectivity index (χ4n) is 3.57. The smallest absolute Gasteiger partial charge is 0.0831 e. The van der Waals surface area contributed by atoms with E-state index in [9.17, 15) is 0 Å². The van der Waals surface area contributed by atoms with Crippen LogP contribution in [0.25, 0.3) is 6.08 Å². The van der Waals surface area contributed by atoms with Gasteiger partial charge in [0.15, 0.2) is 0 Å². The first kappa shape index (κ1) is 18.3. The van der Waals surface area contributed by atoms with Gasteiger partial charge in [-0.05, 0) is 47.8 Å². The molecule has 0 atom stereocenters. The molecule has 2 heterocycles. The third kappa shape index (κ3) is 4.61. The summed E-state index contributed by atoms with van der Waals surface area (Å²) in [6, 6.07) is 16.2. The predicted molar refractivity (Wildman–Crippen MR) is 113 cm³/mol. The average molecular weight is 372 g/mol. The molecule has 0 radical (unpaired) electrons. The number of allylic oxidation sites excluding steroid dienone is 2. The number of nitrogens with zero attached hydrogens (tertiary/aromatic N) is 4. The molecule has 2 aliphatic rings. The number of benzene rings is 1. The highest BCUT2D eigenvalue weighted by atomic mass is 16.5. The van der Waals surface area contributed by atoms with Gasteiger partial charge in [-0.2, -0.15) is 10.2 Å². The van der Waals surface area contributed by atoms with Crippen molar-refractivity contribution in [1.82, 2.24) is 9.88 Å². The molecule has 1 aromatic heterocycles. The minimum Gasteiger partial charge on any atom is -0.378 e. The van der Waals surface area contributed by atoms with Gasteiger partial charge in [-0.25, -0.2) is 0 Å². The molecule has 1 fully saturated rings. The van der Waals surface area contributed by atoms with Crippen LogP contribution in [0.1, 0.15) is 24.1 Å². The zero-order valence-corrected chi connectivity index (χ0v) is 15.9. The van der Waals surface area contributed by atoms with Crippen molar-refractivity contribution in [2.45, 2.75) is 12.8 Å². The largest absolute Gasteiger partial charge is 0.378 e. The summed E-state index contributed by atoms with van der Waals surface area (Å²) in [5.74, 6) is 0. The van der Waals surface area contributed by atoms with Gasteiger partial charge >= 0.3 is 0 Å². The van der Waals surface area contributed by atoms with Gasteiger partial charge in [-0.3, -0.25) is 4.98 Å². The van der Waals surface area contributed by atoms with Crippen molar-refractivity contribution < 1.29 is 4.74 Å². The number of hydrogen-bond donors (Lipinski definition) is 0. The van der Waals surface area contributed by atoms with Crippen LogP contribution < -0.4 is 0 Å². The zero-order chi connectivity index (χ0) is 19.0. The van der Waals surface area contributed by atoms with Crippen LogP contribution in [-0.2, 0) is 4.74 Å². The number of aromatic nitrogens is 1. The molecule has 5 heteroatoms. The third-order valence-corrected chi connectivity index (χ3v) is 4.90. The molecule has 2 aromatic rings. The van der Waals surface area contributed by atoms with Gasteiger partial charge in [0.05, 0.1) is 31.3 Å². The van der Waals surface area contributed by atoms with Crippen LogP contribution in [0.15, 0.2) is 81.8 Å². The molecule has 1 aliphatic heterocycles. The van der Waals surface area contributed by atoms with E-state index in [0.717, 1.165) is 44.8 Å². The van der Waals surface area contributed by atoms with Crippen molar-refractivity contribution in [3.63, 3.8) is 0 Å². The number of morpholine rings is 1. The molecule has 1 saturated heterocycles. The second-order valence-electron chi connectivity index (χ2n) is 6.80. The number of rotatable bonds is 5. The lowest BCUT2D eigenvalue weighted by molar-refractivity contribution is 0.0548. The maximum Gasteiger partial charge on any atom is 0.0831 e. The van der Waals surface area contributed by atoms with Gasteiger partial charge in [0.2, 0.25) is 0 Å². The average Bonchev–Trinajstić information content (AvgIpc) is 3.15. The Morgan fingerprint density at radius 3 is 2.46 bits per heavy atom. The molecule has 0 amide bonds. The summed E-state index contributed by atoms with van der Waals surface area (Å²) < 4.78 is 5.55. The van der Waals surface area contributed by atoms with E-state index in [2.05, 4.69) is 50.4 Å². The summed E-state index contributed by atoms with van der Waals surface area (Å²) in [6.07, 6.45) is 9.63. The third-order valence-electron chi connectivity index (χ3n) is 4.90. The van der Waals surface area contributed by atoms with Crippen molar-refractivity contribution in [2.75, 3.05) is 26.3 Å². The quantitative estimate of drug-likeness (QED) is 0.590. The first-order valence-corrected chi connectivity index (χ1v) is 9.69. The molecule has 5 nitrogen and oxygen atoms in total. The molecular weight excluding hydrogens is 348 g/mol. The van der Waals surface area contributed by atoms with Crippen LogP contribution in [0.5, 0.6) is 0 Å². The van der Waals surface area contributed by atoms with E-state index in [4.69, 9.17) is 4.74 Å². The van der Waals surface area contributed by atoms with E-state index in [1.54, 1.807) is 12.4 Å². The van der Waals surface area contributed by atoms with Gasteiger partial charge in [0, 0.05) is 25.0 Å². The zero-order valence-electron chi connectivity index (χ0n) is 15.9. The van der Waals surface area contributed by atoms with Gasteiger partial charge < -0.3 is 9.64 Å². The maximum absolute atomic E-state index is 5.55. The van der Waals surface area contributed by atoms with E-state index in [0.29, 0.717) is 0 Å². The Bertz CT molecular complexity index is 895. The van der Waals surface area contributed by atoms with Crippen LogP contribution in [0.2, 0.25) is 0 Å². The van der Waals surface area contributed by atoms with Crippen LogP contribution in [0, 0.1) is 0 Å². The van der Waals surface area contributed by atoms with Crippen molar-refractivity contribution in [2.24, 2.45) is 10.2 Å². The minimum absolute atomic E-state index is 0.768. The van der Waals surface area contributed by atoms with E-state index < -0.39 is 0 Å². The molecule has 0 unspecified atom stereocenters.